The SMILES string of the molecule is CCN1CCN(C(=O)C(C)Sc2nc3sc4c(c3c(=O)n2-c2ccc(C)cc2)CCC4)CC1. The number of piperazine rings is 1. The molecular formula is C25H30N4O2S2. The van der Waals surface area contributed by atoms with Gasteiger partial charge in [-0.2, -0.15) is 0 Å². The monoisotopic (exact) mass is 482 g/mol. The molecule has 0 bridgehead atoms. The number of hydrogen-bond acceptors (Lipinski definition) is 6. The standard InChI is InChI=1S/C25H30N4O2S2/c1-4-27-12-14-28(15-13-27)23(30)17(3)32-25-26-22-21(19-6-5-7-20(19)33-22)24(31)29(25)18-10-8-16(2)9-11-18/h8-11,17H,4-7,12-15H2,1-3H3. The molecule has 1 atom stereocenters. The number of thiophene rings is 1. The highest BCUT2D eigenvalue weighted by molar-refractivity contribution is 8.00. The van der Waals surface area contributed by atoms with E-state index in [1.165, 1.54) is 22.2 Å². The second kappa shape index (κ2) is 9.24. The van der Waals surface area contributed by atoms with Crippen molar-refractivity contribution in [2.45, 2.75) is 50.4 Å². The smallest absolute Gasteiger partial charge is 0.267 e. The predicted octanol–water partition coefficient (Wildman–Crippen LogP) is 3.89. The number of thioether (sulfide) groups is 1. The summed E-state index contributed by atoms with van der Waals surface area (Å²) in [6.07, 6.45) is 3.08. The lowest BCUT2D eigenvalue weighted by atomic mass is 10.2. The molecule has 1 saturated heterocycles. The van der Waals surface area contributed by atoms with Crippen molar-refractivity contribution in [1.82, 2.24) is 19.4 Å². The molecule has 0 radical (unpaired) electrons. The Kier molecular flexibility index (Phi) is 6.33. The van der Waals surface area contributed by atoms with Gasteiger partial charge in [0.2, 0.25) is 5.91 Å². The van der Waals surface area contributed by atoms with Gasteiger partial charge in [-0.05, 0) is 57.4 Å². The number of carbonyl (C=O) groups excluding carboxylic acids is 1. The average Bonchev–Trinajstić information content (AvgIpc) is 3.41. The Morgan fingerprint density at radius 2 is 1.88 bits per heavy atom. The van der Waals surface area contributed by atoms with Crippen LogP contribution in [-0.4, -0.2) is 63.2 Å². The summed E-state index contributed by atoms with van der Waals surface area (Å²) in [4.78, 5) is 38.4. The van der Waals surface area contributed by atoms with E-state index in [1.54, 1.807) is 15.9 Å². The first-order valence-electron chi connectivity index (χ1n) is 11.8. The summed E-state index contributed by atoms with van der Waals surface area (Å²) in [5.74, 6) is 0.120. The molecule has 1 unspecified atom stereocenters. The van der Waals surface area contributed by atoms with E-state index >= 15 is 0 Å². The van der Waals surface area contributed by atoms with Crippen LogP contribution in [0.15, 0.2) is 34.2 Å². The van der Waals surface area contributed by atoms with Crippen LogP contribution in [0.1, 0.15) is 36.3 Å². The molecular weight excluding hydrogens is 452 g/mol. The van der Waals surface area contributed by atoms with Crippen molar-refractivity contribution in [3.63, 3.8) is 0 Å². The quantitative estimate of drug-likeness (QED) is 0.408. The molecule has 0 spiro atoms. The summed E-state index contributed by atoms with van der Waals surface area (Å²) in [5, 5.41) is 1.06. The third-order valence-electron chi connectivity index (χ3n) is 6.76. The van der Waals surface area contributed by atoms with E-state index in [1.807, 2.05) is 43.0 Å². The highest BCUT2D eigenvalue weighted by Gasteiger charge is 2.28. The summed E-state index contributed by atoms with van der Waals surface area (Å²) >= 11 is 3.05. The lowest BCUT2D eigenvalue weighted by Gasteiger charge is -2.35. The van der Waals surface area contributed by atoms with Crippen LogP contribution in [-0.2, 0) is 17.6 Å². The molecule has 1 amide bonds. The minimum atomic E-state index is -0.314. The van der Waals surface area contributed by atoms with Crippen molar-refractivity contribution in [3.05, 3.63) is 50.6 Å². The van der Waals surface area contributed by atoms with Crippen LogP contribution in [0, 0.1) is 6.92 Å². The number of likely N-dealkylation sites (N-methyl/N-ethyl adjacent to an activating group) is 1. The normalized spacial score (nSPS) is 17.5. The highest BCUT2D eigenvalue weighted by atomic mass is 32.2. The van der Waals surface area contributed by atoms with Crippen molar-refractivity contribution in [2.75, 3.05) is 32.7 Å². The molecule has 6 nitrogen and oxygen atoms in total. The summed E-state index contributed by atoms with van der Waals surface area (Å²) in [5.41, 5.74) is 3.11. The lowest BCUT2D eigenvalue weighted by Crippen LogP contribution is -2.50. The Hall–Kier alpha value is -2.16. The van der Waals surface area contributed by atoms with Crippen LogP contribution < -0.4 is 5.56 Å². The largest absolute Gasteiger partial charge is 0.339 e. The number of fused-ring (bicyclic) bond motifs is 3. The maximum Gasteiger partial charge on any atom is 0.267 e. The Bertz CT molecular complexity index is 1240. The molecule has 1 aromatic carbocycles. The van der Waals surface area contributed by atoms with Gasteiger partial charge in [0.1, 0.15) is 4.83 Å². The molecule has 1 aliphatic heterocycles. The van der Waals surface area contributed by atoms with E-state index in [0.717, 1.165) is 73.5 Å². The van der Waals surface area contributed by atoms with E-state index in [9.17, 15) is 9.59 Å². The summed E-state index contributed by atoms with van der Waals surface area (Å²) < 4.78 is 1.72. The molecule has 2 aliphatic rings. The van der Waals surface area contributed by atoms with Gasteiger partial charge in [-0.15, -0.1) is 11.3 Å². The first-order valence-corrected chi connectivity index (χ1v) is 13.5. The van der Waals surface area contributed by atoms with Gasteiger partial charge in [0.05, 0.1) is 16.3 Å². The Morgan fingerprint density at radius 3 is 2.58 bits per heavy atom. The highest BCUT2D eigenvalue weighted by Crippen LogP contribution is 2.36. The van der Waals surface area contributed by atoms with Gasteiger partial charge >= 0.3 is 0 Å². The first kappa shape index (κ1) is 22.6. The molecule has 3 heterocycles. The number of aromatic nitrogens is 2. The molecule has 0 N–H and O–H groups in total. The van der Waals surface area contributed by atoms with E-state index in [4.69, 9.17) is 4.98 Å². The van der Waals surface area contributed by atoms with Crippen molar-refractivity contribution >= 4 is 39.2 Å². The van der Waals surface area contributed by atoms with Crippen molar-refractivity contribution in [1.29, 1.82) is 0 Å². The fourth-order valence-corrected chi connectivity index (χ4v) is 7.09. The van der Waals surface area contributed by atoms with E-state index in [2.05, 4.69) is 11.8 Å². The molecule has 33 heavy (non-hydrogen) atoms. The van der Waals surface area contributed by atoms with Gasteiger partial charge in [0.15, 0.2) is 5.16 Å². The van der Waals surface area contributed by atoms with E-state index < -0.39 is 0 Å². The fourth-order valence-electron chi connectivity index (χ4n) is 4.78. The van der Waals surface area contributed by atoms with E-state index in [0.29, 0.717) is 5.16 Å². The summed E-state index contributed by atoms with van der Waals surface area (Å²) in [7, 11) is 0. The zero-order chi connectivity index (χ0) is 23.1. The van der Waals surface area contributed by atoms with Crippen LogP contribution in [0.4, 0.5) is 0 Å². The number of carbonyl (C=O) groups is 1. The minimum Gasteiger partial charge on any atom is -0.339 e. The Labute approximate surface area is 202 Å². The second-order valence-corrected chi connectivity index (χ2v) is 11.3. The topological polar surface area (TPSA) is 58.4 Å². The van der Waals surface area contributed by atoms with Crippen molar-refractivity contribution in [2.24, 2.45) is 0 Å². The van der Waals surface area contributed by atoms with Crippen LogP contribution in [0.25, 0.3) is 15.9 Å². The third-order valence-corrected chi connectivity index (χ3v) is 8.99. The van der Waals surface area contributed by atoms with Gasteiger partial charge in [-0.25, -0.2) is 4.98 Å². The van der Waals surface area contributed by atoms with Crippen LogP contribution in [0.5, 0.6) is 0 Å². The second-order valence-electron chi connectivity index (χ2n) is 8.93. The van der Waals surface area contributed by atoms with E-state index in [-0.39, 0.29) is 16.7 Å². The number of hydrogen-bond donors (Lipinski definition) is 0. The zero-order valence-corrected chi connectivity index (χ0v) is 21.1. The van der Waals surface area contributed by atoms with Gasteiger partial charge in [0.25, 0.3) is 5.56 Å². The molecule has 2 aromatic heterocycles. The number of nitrogens with zero attached hydrogens (tertiary/aromatic N) is 4. The molecule has 1 fully saturated rings. The lowest BCUT2D eigenvalue weighted by molar-refractivity contribution is -0.132. The average molecular weight is 483 g/mol. The maximum absolute atomic E-state index is 13.8. The molecule has 8 heteroatoms. The molecule has 1 aliphatic carbocycles. The van der Waals surface area contributed by atoms with Crippen molar-refractivity contribution < 1.29 is 4.79 Å². The molecule has 5 rings (SSSR count). The third kappa shape index (κ3) is 4.24. The zero-order valence-electron chi connectivity index (χ0n) is 19.5. The minimum absolute atomic E-state index is 0.0121. The van der Waals surface area contributed by atoms with Crippen LogP contribution in [0.3, 0.4) is 0 Å². The van der Waals surface area contributed by atoms with Gasteiger partial charge in [-0.3, -0.25) is 14.2 Å². The fraction of sp³-hybridized carbons (Fsp3) is 0.480. The molecule has 174 valence electrons. The Morgan fingerprint density at radius 1 is 1.15 bits per heavy atom. The van der Waals surface area contributed by atoms with Crippen molar-refractivity contribution in [3.8, 4) is 5.69 Å². The van der Waals surface area contributed by atoms with Gasteiger partial charge < -0.3 is 9.80 Å². The van der Waals surface area contributed by atoms with Gasteiger partial charge in [-0.1, -0.05) is 36.4 Å². The van der Waals surface area contributed by atoms with Gasteiger partial charge in [0, 0.05) is 31.1 Å². The van der Waals surface area contributed by atoms with Crippen LogP contribution >= 0.6 is 23.1 Å². The van der Waals surface area contributed by atoms with Crippen LogP contribution in [0.2, 0.25) is 0 Å². The first-order chi connectivity index (χ1) is 16.0. The summed E-state index contributed by atoms with van der Waals surface area (Å²) in [6.45, 7) is 10.5. The number of amides is 1. The predicted molar refractivity (Wildman–Crippen MR) is 136 cm³/mol. The number of benzene rings is 1. The molecule has 0 saturated carbocycles. The number of aryl methyl sites for hydroxylation is 3. The maximum atomic E-state index is 13.8. The Balaban J connectivity index is 1.51. The molecule has 3 aromatic rings. The summed E-state index contributed by atoms with van der Waals surface area (Å²) in [6, 6.07) is 7.97. The number of rotatable bonds is 5.